The van der Waals surface area contributed by atoms with Crippen molar-refractivity contribution in [3.63, 3.8) is 0 Å². The summed E-state index contributed by atoms with van der Waals surface area (Å²) < 4.78 is 2.02. The first kappa shape index (κ1) is 21.0. The van der Waals surface area contributed by atoms with E-state index in [1.807, 2.05) is 61.1 Å². The lowest BCUT2D eigenvalue weighted by Crippen LogP contribution is -2.40. The molecule has 2 N–H and O–H groups in total. The number of nitrogens with one attached hydrogen (secondary N) is 2. The second-order valence-electron chi connectivity index (χ2n) is 7.13. The molecule has 1 aromatic heterocycles. The Hall–Kier alpha value is -3.72. The zero-order valence-electron chi connectivity index (χ0n) is 17.0. The fraction of sp³-hybridized carbons (Fsp3) is 0.238. The van der Waals surface area contributed by atoms with Crippen LogP contribution in [0.1, 0.15) is 11.6 Å². The molecular weight excluding hydrogens is 386 g/mol. The Labute approximate surface area is 173 Å². The predicted molar refractivity (Wildman–Crippen MR) is 114 cm³/mol. The maximum absolute atomic E-state index is 12.3. The fourth-order valence-corrected chi connectivity index (χ4v) is 3.40. The SMILES string of the molecule is CN(C)C(CNC(=O)C(=O)Nc1ccccc1[N+](=O)[O-])c1cn(C)c2ccccc12. The Kier molecular flexibility index (Phi) is 6.12. The van der Waals surface area contributed by atoms with Gasteiger partial charge in [0.1, 0.15) is 5.69 Å². The van der Waals surface area contributed by atoms with Gasteiger partial charge in [0.15, 0.2) is 0 Å². The first-order valence-electron chi connectivity index (χ1n) is 9.32. The van der Waals surface area contributed by atoms with Crippen molar-refractivity contribution < 1.29 is 14.5 Å². The Morgan fingerprint density at radius 1 is 1.10 bits per heavy atom. The van der Waals surface area contributed by atoms with Gasteiger partial charge in [-0.2, -0.15) is 0 Å². The van der Waals surface area contributed by atoms with Gasteiger partial charge in [-0.25, -0.2) is 0 Å². The summed E-state index contributed by atoms with van der Waals surface area (Å²) in [6.07, 6.45) is 2.01. The molecule has 2 aromatic carbocycles. The lowest BCUT2D eigenvalue weighted by atomic mass is 10.0. The molecule has 0 bridgehead atoms. The van der Waals surface area contributed by atoms with Gasteiger partial charge in [-0.1, -0.05) is 30.3 Å². The quantitative estimate of drug-likeness (QED) is 0.369. The van der Waals surface area contributed by atoms with Crippen molar-refractivity contribution in [3.05, 3.63) is 70.4 Å². The number of hydrogen-bond acceptors (Lipinski definition) is 5. The molecule has 0 spiro atoms. The molecule has 156 valence electrons. The highest BCUT2D eigenvalue weighted by Crippen LogP contribution is 2.28. The van der Waals surface area contributed by atoms with Crippen molar-refractivity contribution >= 4 is 34.1 Å². The average molecular weight is 409 g/mol. The Bertz CT molecular complexity index is 1110. The Morgan fingerprint density at radius 2 is 1.77 bits per heavy atom. The van der Waals surface area contributed by atoms with E-state index in [-0.39, 0.29) is 24.0 Å². The molecule has 0 saturated carbocycles. The van der Waals surface area contributed by atoms with E-state index in [1.165, 1.54) is 18.2 Å². The van der Waals surface area contributed by atoms with Crippen molar-refractivity contribution in [3.8, 4) is 0 Å². The van der Waals surface area contributed by atoms with E-state index in [1.54, 1.807) is 6.07 Å². The van der Waals surface area contributed by atoms with Gasteiger partial charge >= 0.3 is 11.8 Å². The summed E-state index contributed by atoms with van der Waals surface area (Å²) in [5.74, 6) is -1.82. The monoisotopic (exact) mass is 409 g/mol. The third kappa shape index (κ3) is 4.31. The van der Waals surface area contributed by atoms with E-state index in [0.29, 0.717) is 0 Å². The normalized spacial score (nSPS) is 12.0. The second kappa shape index (κ2) is 8.75. The summed E-state index contributed by atoms with van der Waals surface area (Å²) in [4.78, 5) is 37.0. The summed E-state index contributed by atoms with van der Waals surface area (Å²) in [6.45, 7) is 0.199. The zero-order valence-corrected chi connectivity index (χ0v) is 17.0. The molecule has 1 unspecified atom stereocenters. The van der Waals surface area contributed by atoms with Crippen LogP contribution in [-0.4, -0.2) is 46.8 Å². The number of rotatable bonds is 6. The molecule has 0 aliphatic rings. The number of carbonyl (C=O) groups excluding carboxylic acids is 2. The van der Waals surface area contributed by atoms with Gasteiger partial charge in [-0.05, 0) is 31.8 Å². The maximum Gasteiger partial charge on any atom is 0.313 e. The number of nitro groups is 1. The van der Waals surface area contributed by atoms with E-state index in [0.717, 1.165) is 16.5 Å². The predicted octanol–water partition coefficient (Wildman–Crippen LogP) is 2.44. The molecule has 30 heavy (non-hydrogen) atoms. The standard InChI is InChI=1S/C21H23N5O4/c1-24(2)19(15-13-25(3)17-10-6-4-8-14(15)17)12-22-20(27)21(28)23-16-9-5-7-11-18(16)26(29)30/h4-11,13,19H,12H2,1-3H3,(H,22,27)(H,23,28). The smallest absolute Gasteiger partial charge is 0.313 e. The number of nitro benzene ring substituents is 1. The van der Waals surface area contributed by atoms with E-state index >= 15 is 0 Å². The van der Waals surface area contributed by atoms with Gasteiger partial charge in [0.05, 0.1) is 11.0 Å². The number of aromatic nitrogens is 1. The third-order valence-corrected chi connectivity index (χ3v) is 4.92. The van der Waals surface area contributed by atoms with Crippen molar-refractivity contribution in [2.75, 3.05) is 26.0 Å². The largest absolute Gasteiger partial charge is 0.350 e. The minimum Gasteiger partial charge on any atom is -0.350 e. The Balaban J connectivity index is 1.73. The number of anilines is 1. The average Bonchev–Trinajstić information content (AvgIpc) is 3.04. The summed E-state index contributed by atoms with van der Waals surface area (Å²) >= 11 is 0. The van der Waals surface area contributed by atoms with Crippen molar-refractivity contribution in [1.29, 1.82) is 0 Å². The van der Waals surface area contributed by atoms with E-state index in [9.17, 15) is 19.7 Å². The van der Waals surface area contributed by atoms with Gasteiger partial charge in [0, 0.05) is 36.8 Å². The van der Waals surface area contributed by atoms with Crippen LogP contribution in [0.4, 0.5) is 11.4 Å². The Morgan fingerprint density at radius 3 is 2.47 bits per heavy atom. The number of amides is 2. The molecule has 1 atom stereocenters. The summed E-state index contributed by atoms with van der Waals surface area (Å²) in [5, 5.41) is 17.1. The molecule has 0 saturated heterocycles. The van der Waals surface area contributed by atoms with Crippen molar-refractivity contribution in [2.45, 2.75) is 6.04 Å². The molecule has 3 aromatic rings. The molecule has 0 fully saturated rings. The van der Waals surface area contributed by atoms with Gasteiger partial charge < -0.3 is 20.1 Å². The number of carbonyl (C=O) groups is 2. The first-order chi connectivity index (χ1) is 14.3. The molecule has 3 rings (SSSR count). The first-order valence-corrected chi connectivity index (χ1v) is 9.32. The summed E-state index contributed by atoms with van der Waals surface area (Å²) in [6, 6.07) is 13.5. The molecule has 0 aliphatic heterocycles. The molecule has 1 heterocycles. The fourth-order valence-electron chi connectivity index (χ4n) is 3.40. The van der Waals surface area contributed by atoms with Crippen LogP contribution in [0.3, 0.4) is 0 Å². The second-order valence-corrected chi connectivity index (χ2v) is 7.13. The van der Waals surface area contributed by atoms with Gasteiger partial charge in [-0.3, -0.25) is 19.7 Å². The highest BCUT2D eigenvalue weighted by atomic mass is 16.6. The summed E-state index contributed by atoms with van der Waals surface area (Å²) in [7, 11) is 5.75. The van der Waals surface area contributed by atoms with E-state index in [4.69, 9.17) is 0 Å². The number of nitrogens with zero attached hydrogens (tertiary/aromatic N) is 3. The van der Waals surface area contributed by atoms with E-state index in [2.05, 4.69) is 10.6 Å². The molecular formula is C21H23N5O4. The van der Waals surface area contributed by atoms with Gasteiger partial charge in [0.25, 0.3) is 5.69 Å². The third-order valence-electron chi connectivity index (χ3n) is 4.92. The van der Waals surface area contributed by atoms with Crippen molar-refractivity contribution in [1.82, 2.24) is 14.8 Å². The zero-order chi connectivity index (χ0) is 21.8. The van der Waals surface area contributed by atoms with Crippen molar-refractivity contribution in [2.24, 2.45) is 7.05 Å². The number of para-hydroxylation sites is 3. The van der Waals surface area contributed by atoms with E-state index < -0.39 is 16.7 Å². The van der Waals surface area contributed by atoms with Crippen LogP contribution in [0, 0.1) is 10.1 Å². The number of fused-ring (bicyclic) bond motifs is 1. The molecule has 9 nitrogen and oxygen atoms in total. The highest BCUT2D eigenvalue weighted by Gasteiger charge is 2.23. The van der Waals surface area contributed by atoms with Crippen LogP contribution < -0.4 is 10.6 Å². The lowest BCUT2D eigenvalue weighted by Gasteiger charge is -2.24. The minimum absolute atomic E-state index is 0.0270. The topological polar surface area (TPSA) is 110 Å². The minimum atomic E-state index is -0.959. The lowest BCUT2D eigenvalue weighted by molar-refractivity contribution is -0.383. The molecule has 2 amide bonds. The van der Waals surface area contributed by atoms with Crippen LogP contribution in [0.2, 0.25) is 0 Å². The molecule has 9 heteroatoms. The molecule has 0 aliphatic carbocycles. The van der Waals surface area contributed by atoms with Crippen LogP contribution in [0.5, 0.6) is 0 Å². The van der Waals surface area contributed by atoms with Gasteiger partial charge in [0.2, 0.25) is 0 Å². The van der Waals surface area contributed by atoms with Gasteiger partial charge in [-0.15, -0.1) is 0 Å². The van der Waals surface area contributed by atoms with Crippen LogP contribution in [0.25, 0.3) is 10.9 Å². The van der Waals surface area contributed by atoms with Crippen LogP contribution >= 0.6 is 0 Å². The number of likely N-dealkylation sites (N-methyl/N-ethyl adjacent to an activating group) is 1. The van der Waals surface area contributed by atoms with Crippen LogP contribution in [0.15, 0.2) is 54.7 Å². The maximum atomic E-state index is 12.3. The highest BCUT2D eigenvalue weighted by molar-refractivity contribution is 6.39. The molecule has 0 radical (unpaired) electrons. The number of aryl methyl sites for hydroxylation is 1. The summed E-state index contributed by atoms with van der Waals surface area (Å²) in [5.41, 5.74) is 1.79. The number of hydrogen-bond donors (Lipinski definition) is 2. The number of benzene rings is 2. The van der Waals surface area contributed by atoms with Crippen LogP contribution in [-0.2, 0) is 16.6 Å².